The number of nitrogens with zero attached hydrogens (tertiary/aromatic N) is 2. The van der Waals surface area contributed by atoms with Gasteiger partial charge in [0.25, 0.3) is 0 Å². The number of methoxy groups -OCH3 is 1. The lowest BCUT2D eigenvalue weighted by Crippen LogP contribution is -2.53. The summed E-state index contributed by atoms with van der Waals surface area (Å²) in [4.78, 5) is 18.2. The van der Waals surface area contributed by atoms with E-state index in [0.717, 1.165) is 38.4 Å². The van der Waals surface area contributed by atoms with Crippen molar-refractivity contribution in [2.24, 2.45) is 10.4 Å². The van der Waals surface area contributed by atoms with Crippen molar-refractivity contribution in [3.63, 3.8) is 0 Å². The van der Waals surface area contributed by atoms with Crippen LogP contribution in [0.1, 0.15) is 33.1 Å². The molecule has 0 aromatic heterocycles. The number of piperidine rings is 1. The number of hydrogen-bond acceptors (Lipinski definition) is 3. The van der Waals surface area contributed by atoms with E-state index in [1.165, 1.54) is 0 Å². The van der Waals surface area contributed by atoms with Crippen molar-refractivity contribution in [1.82, 2.24) is 15.5 Å². The SMILES string of the molecule is CN=C(NCC(C)(C)OC)N1CCCC2(CNC(=O)C2)C1.I. The topological polar surface area (TPSA) is 66.0 Å². The molecule has 2 fully saturated rings. The Morgan fingerprint density at radius 3 is 2.82 bits per heavy atom. The van der Waals surface area contributed by atoms with E-state index in [4.69, 9.17) is 4.74 Å². The number of amides is 1. The summed E-state index contributed by atoms with van der Waals surface area (Å²) in [6.07, 6.45) is 2.86. The molecule has 2 saturated heterocycles. The van der Waals surface area contributed by atoms with Crippen LogP contribution in [0.3, 0.4) is 0 Å². The monoisotopic (exact) mass is 424 g/mol. The van der Waals surface area contributed by atoms with Crippen LogP contribution < -0.4 is 10.6 Å². The van der Waals surface area contributed by atoms with Gasteiger partial charge in [-0.05, 0) is 26.7 Å². The minimum atomic E-state index is -0.228. The van der Waals surface area contributed by atoms with Gasteiger partial charge < -0.3 is 20.3 Å². The van der Waals surface area contributed by atoms with Crippen molar-refractivity contribution in [2.45, 2.75) is 38.7 Å². The maximum absolute atomic E-state index is 11.6. The summed E-state index contributed by atoms with van der Waals surface area (Å²) in [7, 11) is 3.53. The van der Waals surface area contributed by atoms with Crippen LogP contribution in [-0.2, 0) is 9.53 Å². The van der Waals surface area contributed by atoms with Gasteiger partial charge in [-0.15, -0.1) is 24.0 Å². The highest BCUT2D eigenvalue weighted by Gasteiger charge is 2.42. The number of likely N-dealkylation sites (tertiary alicyclic amines) is 1. The fraction of sp³-hybridized carbons (Fsp3) is 0.867. The van der Waals surface area contributed by atoms with Crippen molar-refractivity contribution in [3.05, 3.63) is 0 Å². The van der Waals surface area contributed by atoms with E-state index < -0.39 is 0 Å². The molecule has 0 bridgehead atoms. The molecule has 2 N–H and O–H groups in total. The number of guanidine groups is 1. The average molecular weight is 424 g/mol. The summed E-state index contributed by atoms with van der Waals surface area (Å²) in [5.74, 6) is 1.08. The van der Waals surface area contributed by atoms with Crippen LogP contribution in [-0.4, -0.2) is 62.7 Å². The minimum Gasteiger partial charge on any atom is -0.377 e. The lowest BCUT2D eigenvalue weighted by molar-refractivity contribution is -0.119. The second-order valence-corrected chi connectivity index (χ2v) is 6.84. The zero-order chi connectivity index (χ0) is 15.5. The van der Waals surface area contributed by atoms with E-state index >= 15 is 0 Å². The van der Waals surface area contributed by atoms with Gasteiger partial charge in [-0.2, -0.15) is 0 Å². The molecule has 0 aliphatic carbocycles. The summed E-state index contributed by atoms with van der Waals surface area (Å²) in [5.41, 5.74) is -0.141. The molecule has 0 aromatic rings. The number of halogens is 1. The van der Waals surface area contributed by atoms with E-state index in [9.17, 15) is 4.79 Å². The van der Waals surface area contributed by atoms with Gasteiger partial charge in [0.05, 0.1) is 5.60 Å². The predicted molar refractivity (Wildman–Crippen MR) is 98.7 cm³/mol. The summed E-state index contributed by atoms with van der Waals surface area (Å²) in [6.45, 7) is 7.47. The first kappa shape index (κ1) is 19.5. The Labute approximate surface area is 150 Å². The molecule has 1 unspecified atom stereocenters. The Morgan fingerprint density at radius 2 is 2.27 bits per heavy atom. The van der Waals surface area contributed by atoms with Crippen LogP contribution in [0.4, 0.5) is 0 Å². The third-order valence-electron chi connectivity index (χ3n) is 4.59. The van der Waals surface area contributed by atoms with Gasteiger partial charge in [0.2, 0.25) is 5.91 Å². The fourth-order valence-electron chi connectivity index (χ4n) is 3.13. The Kier molecular flexibility index (Phi) is 6.91. The molecule has 2 aliphatic rings. The van der Waals surface area contributed by atoms with Gasteiger partial charge in [-0.25, -0.2) is 0 Å². The van der Waals surface area contributed by atoms with E-state index in [1.807, 2.05) is 20.9 Å². The van der Waals surface area contributed by atoms with Crippen LogP contribution in [0.5, 0.6) is 0 Å². The zero-order valence-corrected chi connectivity index (χ0v) is 16.4. The Morgan fingerprint density at radius 1 is 1.55 bits per heavy atom. The number of carbonyl (C=O) groups is 1. The van der Waals surface area contributed by atoms with Gasteiger partial charge in [-0.1, -0.05) is 0 Å². The highest BCUT2D eigenvalue weighted by Crippen LogP contribution is 2.35. The zero-order valence-electron chi connectivity index (χ0n) is 14.1. The molecular weight excluding hydrogens is 395 g/mol. The third-order valence-corrected chi connectivity index (χ3v) is 4.59. The summed E-state index contributed by atoms with van der Waals surface area (Å²) in [5, 5.41) is 6.37. The quantitative estimate of drug-likeness (QED) is 0.406. The fourth-order valence-corrected chi connectivity index (χ4v) is 3.13. The van der Waals surface area contributed by atoms with Gasteiger partial charge in [-0.3, -0.25) is 9.79 Å². The molecule has 6 nitrogen and oxygen atoms in total. The summed E-state index contributed by atoms with van der Waals surface area (Å²) in [6, 6.07) is 0. The molecule has 1 atom stereocenters. The number of aliphatic imine (C=N–C) groups is 1. The number of rotatable bonds is 3. The smallest absolute Gasteiger partial charge is 0.220 e. The molecule has 1 spiro atoms. The van der Waals surface area contributed by atoms with Crippen LogP contribution in [0.25, 0.3) is 0 Å². The Hall–Kier alpha value is -0.570. The van der Waals surface area contributed by atoms with Crippen molar-refractivity contribution in [1.29, 1.82) is 0 Å². The second-order valence-electron chi connectivity index (χ2n) is 6.84. The predicted octanol–water partition coefficient (Wildman–Crippen LogP) is 1.21. The van der Waals surface area contributed by atoms with Crippen molar-refractivity contribution < 1.29 is 9.53 Å². The molecule has 2 heterocycles. The average Bonchev–Trinajstić information content (AvgIpc) is 2.80. The number of nitrogens with one attached hydrogen (secondary N) is 2. The van der Waals surface area contributed by atoms with E-state index in [-0.39, 0.29) is 40.9 Å². The minimum absolute atomic E-state index is 0. The van der Waals surface area contributed by atoms with E-state index in [1.54, 1.807) is 7.11 Å². The van der Waals surface area contributed by atoms with Crippen LogP contribution in [0, 0.1) is 5.41 Å². The highest BCUT2D eigenvalue weighted by atomic mass is 127. The first-order valence-electron chi connectivity index (χ1n) is 7.67. The molecule has 0 radical (unpaired) electrons. The maximum atomic E-state index is 11.6. The molecule has 22 heavy (non-hydrogen) atoms. The van der Waals surface area contributed by atoms with E-state index in [0.29, 0.717) is 13.0 Å². The third kappa shape index (κ3) is 4.71. The number of hydrogen-bond donors (Lipinski definition) is 2. The second kappa shape index (κ2) is 7.81. The first-order chi connectivity index (χ1) is 9.90. The first-order valence-corrected chi connectivity index (χ1v) is 7.67. The summed E-state index contributed by atoms with van der Waals surface area (Å²) >= 11 is 0. The Bertz CT molecular complexity index is 428. The van der Waals surface area contributed by atoms with Gasteiger partial charge in [0.1, 0.15) is 0 Å². The normalized spacial score (nSPS) is 25.9. The molecule has 2 rings (SSSR count). The highest BCUT2D eigenvalue weighted by molar-refractivity contribution is 14.0. The molecular formula is C15H29IN4O2. The number of ether oxygens (including phenoxy) is 1. The van der Waals surface area contributed by atoms with Crippen molar-refractivity contribution >= 4 is 35.8 Å². The largest absolute Gasteiger partial charge is 0.377 e. The van der Waals surface area contributed by atoms with Crippen molar-refractivity contribution in [3.8, 4) is 0 Å². The van der Waals surface area contributed by atoms with E-state index in [2.05, 4.69) is 20.5 Å². The maximum Gasteiger partial charge on any atom is 0.220 e. The van der Waals surface area contributed by atoms with Crippen molar-refractivity contribution in [2.75, 3.05) is 40.3 Å². The Balaban J connectivity index is 0.00000242. The molecule has 1 amide bonds. The lowest BCUT2D eigenvalue weighted by Gasteiger charge is -2.41. The van der Waals surface area contributed by atoms with Crippen LogP contribution in [0.2, 0.25) is 0 Å². The number of carbonyl (C=O) groups excluding carboxylic acids is 1. The molecule has 0 aromatic carbocycles. The molecule has 7 heteroatoms. The standard InChI is InChI=1S/C15H28N4O2.HI/c1-14(2,21-4)9-18-13(16-3)19-7-5-6-15(11-19)8-12(20)17-10-15;/h5-11H2,1-4H3,(H,16,18)(H,17,20);1H. The molecule has 2 aliphatic heterocycles. The van der Waals surface area contributed by atoms with Gasteiger partial charge >= 0.3 is 0 Å². The lowest BCUT2D eigenvalue weighted by atomic mass is 9.79. The molecule has 128 valence electrons. The van der Waals surface area contributed by atoms with Gasteiger partial charge in [0, 0.05) is 52.2 Å². The van der Waals surface area contributed by atoms with Crippen LogP contribution in [0.15, 0.2) is 4.99 Å². The summed E-state index contributed by atoms with van der Waals surface area (Å²) < 4.78 is 5.44. The van der Waals surface area contributed by atoms with Crippen LogP contribution >= 0.6 is 24.0 Å². The van der Waals surface area contributed by atoms with Gasteiger partial charge in [0.15, 0.2) is 5.96 Å². The molecule has 0 saturated carbocycles.